The van der Waals surface area contributed by atoms with Gasteiger partial charge in [0.05, 0.1) is 31.8 Å². The van der Waals surface area contributed by atoms with Gasteiger partial charge < -0.3 is 0 Å². The van der Waals surface area contributed by atoms with Crippen LogP contribution in [0, 0.1) is 54.3 Å². The normalized spacial score (nSPS) is 9.68. The van der Waals surface area contributed by atoms with Crippen LogP contribution in [-0.2, 0) is 0 Å². The third-order valence-corrected chi connectivity index (χ3v) is 13.5. The van der Waals surface area contributed by atoms with E-state index in [1.165, 1.54) is 32.0 Å². The molecule has 0 aliphatic rings. The summed E-state index contributed by atoms with van der Waals surface area (Å²) in [6.07, 6.45) is -27.2. The predicted octanol–water partition coefficient (Wildman–Crippen LogP) is -13.1. The van der Waals surface area contributed by atoms with E-state index in [9.17, 15) is 40.5 Å². The molecule has 0 aliphatic carbocycles. The Morgan fingerprint density at radius 2 is 0.548 bits per heavy atom. The molecule has 48 radical (unpaired) electrons. The Kier molecular flexibility index (Phi) is 33.0. The van der Waals surface area contributed by atoms with E-state index < -0.39 is 160 Å². The molecule has 280 valence electrons. The lowest BCUT2D eigenvalue weighted by Gasteiger charge is -2.56. The molecule has 0 N–H and O–H groups in total. The fourth-order valence-electron chi connectivity index (χ4n) is 9.55. The molecular formula is C14H11B46BrN4O8. The summed E-state index contributed by atoms with van der Waals surface area (Å²) >= 11 is 3.02. The van der Waals surface area contributed by atoms with E-state index in [4.69, 9.17) is 186 Å². The number of nitro groups is 4. The molecule has 2 aromatic carbocycles. The van der Waals surface area contributed by atoms with Gasteiger partial charge in [-0.15, -0.1) is 0 Å². The average Bonchev–Trinajstić information content (AvgIpc) is 3.20. The second-order valence-electron chi connectivity index (χ2n) is 17.8. The number of non-ortho nitro benzene ring substituents is 2. The van der Waals surface area contributed by atoms with Gasteiger partial charge in [0.1, 0.15) is 0 Å². The maximum absolute atomic E-state index is 10.5. The first kappa shape index (κ1) is 72.5. The standard InChI is InChI=1S/C7H5BrN2O4.C7H6N2O4.B46/c1-4-6(8)2-5(9(11)12)3-7(4)10(13)14;1-5-2-3-6(8(10)11)4-7(5)9(12)13;1-25(2)37(26(3)4)43(38(27(5)6)28(7)8)46(44(39(29(9)10)30(11)12)40(31(13)14)32(15)16)45(41(33(17)18)34(19)20)42(35(21)22)36(23)24/h2-3H,1H3;2-4H,1H3;. The number of benzene rings is 2. The van der Waals surface area contributed by atoms with Crippen molar-refractivity contribution in [1.29, 1.82) is 0 Å². The molecule has 0 aromatic heterocycles. The van der Waals surface area contributed by atoms with Gasteiger partial charge in [-0.25, -0.2) is 0 Å². The number of halogens is 1. The second kappa shape index (κ2) is 33.2. The summed E-state index contributed by atoms with van der Waals surface area (Å²) in [5.74, 6) is 0. The molecule has 0 bridgehead atoms. The van der Waals surface area contributed by atoms with Gasteiger partial charge in [-0.3, -0.25) is 40.5 Å². The van der Waals surface area contributed by atoms with Crippen LogP contribution in [-0.4, -0.2) is 346 Å². The average molecular weight is 941 g/mol. The van der Waals surface area contributed by atoms with Crippen LogP contribution < -0.4 is 0 Å². The fourth-order valence-corrected chi connectivity index (χ4v) is 9.99. The van der Waals surface area contributed by atoms with E-state index in [2.05, 4.69) is 15.9 Å². The topological polar surface area (TPSA) is 173 Å². The number of nitrogens with zero attached hydrogens (tertiary/aromatic N) is 4. The number of hydrogen-bond donors (Lipinski definition) is 0. The summed E-state index contributed by atoms with van der Waals surface area (Å²) in [5.41, 5.74) is -0.261. The first-order valence-electron chi connectivity index (χ1n) is 21.9. The minimum Gasteiger partial charge on any atom is -0.258 e. The molecule has 2 aromatic rings. The van der Waals surface area contributed by atoms with Crippen molar-refractivity contribution in [3.8, 4) is 0 Å². The van der Waals surface area contributed by atoms with E-state index in [-0.39, 0.29) is 22.7 Å². The van der Waals surface area contributed by atoms with Gasteiger partial charge >= 0.3 is 0 Å². The zero-order chi connectivity index (χ0) is 57.6. The molecule has 0 heterocycles. The van der Waals surface area contributed by atoms with E-state index in [1.807, 2.05) is 0 Å². The molecule has 73 heavy (non-hydrogen) atoms. The molecule has 12 nitrogen and oxygen atoms in total. The second-order valence-corrected chi connectivity index (χ2v) is 18.6. The van der Waals surface area contributed by atoms with Crippen molar-refractivity contribution in [2.45, 2.75) is 13.8 Å². The maximum atomic E-state index is 10.5. The summed E-state index contributed by atoms with van der Waals surface area (Å²) in [7, 11) is 153. The molecule has 0 saturated heterocycles. The Morgan fingerprint density at radius 1 is 0.329 bits per heavy atom. The van der Waals surface area contributed by atoms with E-state index in [0.717, 1.165) is 12.1 Å². The van der Waals surface area contributed by atoms with Crippen molar-refractivity contribution >= 4 is 365 Å². The van der Waals surface area contributed by atoms with Gasteiger partial charge in [0.15, 0.2) is 0 Å². The summed E-state index contributed by atoms with van der Waals surface area (Å²) in [4.78, 5) is 38.9. The predicted molar refractivity (Wildman–Crippen MR) is 361 cm³/mol. The third-order valence-electron chi connectivity index (χ3n) is 12.6. The first-order chi connectivity index (χ1) is 33.3. The molecule has 59 heteroatoms. The first-order valence-corrected chi connectivity index (χ1v) is 22.7. The lowest BCUT2D eigenvalue weighted by molar-refractivity contribution is -0.394. The van der Waals surface area contributed by atoms with Crippen LogP contribution in [0.1, 0.15) is 11.1 Å². The molecule has 0 amide bonds. The number of rotatable bonds is 25. The molecule has 0 saturated carbocycles. The fraction of sp³-hybridized carbons (Fsp3) is 0.143. The monoisotopic (exact) mass is 948 g/mol. The van der Waals surface area contributed by atoms with Gasteiger partial charge in [0.2, 0.25) is 0 Å². The molecule has 0 spiro atoms. The Morgan fingerprint density at radius 3 is 0.753 bits per heavy atom. The smallest absolute Gasteiger partial charge is 0.258 e. The zero-order valence-electron chi connectivity index (χ0n) is 40.4. The van der Waals surface area contributed by atoms with Crippen LogP contribution in [0.3, 0.4) is 0 Å². The minimum absolute atomic E-state index is 0.228. The van der Waals surface area contributed by atoms with Gasteiger partial charge in [0.25, 0.3) is 22.7 Å². The van der Waals surface area contributed by atoms with Gasteiger partial charge in [-0.2, -0.15) is 0 Å². The highest BCUT2D eigenvalue weighted by Gasteiger charge is 2.59. The van der Waals surface area contributed by atoms with Crippen LogP contribution in [0.25, 0.3) is 0 Å². The van der Waals surface area contributed by atoms with Crippen molar-refractivity contribution in [3.05, 3.63) is 86.4 Å². The van der Waals surface area contributed by atoms with Crippen LogP contribution >= 0.6 is 15.9 Å². The Hall–Kier alpha value is -0.493. The van der Waals surface area contributed by atoms with Gasteiger partial charge in [0, 0.05) is 354 Å². The number of hydrogen-bond acceptors (Lipinski definition) is 8. The SMILES string of the molecule is Cc1c(Br)cc([N+](=O)[O-])cc1[N+](=O)[O-].Cc1ccc([N+](=O)[O-])cc1[N+](=O)[O-].[B]B([B])B(B([B])[B])B(B(B([B])[B])B([B])[B])B(B(B(B([B])[B])B([B])[B])B(B([B])[B])B([B])[B])B(B(B([B])[B])B([B])[B])B(B([B])[B])B([B])[B]. The highest BCUT2D eigenvalue weighted by molar-refractivity contribution is 9.10. The van der Waals surface area contributed by atoms with E-state index in [1.54, 1.807) is 0 Å². The molecule has 0 fully saturated rings. The molecule has 2 rings (SSSR count). The Balaban J connectivity index is 0.00000153. The van der Waals surface area contributed by atoms with Crippen LogP contribution in [0.4, 0.5) is 22.7 Å². The van der Waals surface area contributed by atoms with E-state index >= 15 is 0 Å². The Labute approximate surface area is 481 Å². The van der Waals surface area contributed by atoms with Crippen molar-refractivity contribution < 1.29 is 19.7 Å². The quantitative estimate of drug-likeness (QED) is 0.0537. The Bertz CT molecular complexity index is 1860. The highest BCUT2D eigenvalue weighted by atomic mass is 79.9. The molecule has 0 unspecified atom stereocenters. The van der Waals surface area contributed by atoms with Gasteiger partial charge in [-0.1, -0.05) is 15.9 Å². The molecular weight excluding hydrogens is 929 g/mol. The zero-order valence-corrected chi connectivity index (χ0v) is 42.0. The van der Waals surface area contributed by atoms with Crippen molar-refractivity contribution in [3.63, 3.8) is 0 Å². The third kappa shape index (κ3) is 20.9. The van der Waals surface area contributed by atoms with E-state index in [0.29, 0.717) is 15.6 Å². The van der Waals surface area contributed by atoms with Gasteiger partial charge in [-0.05, 0) is 19.9 Å². The van der Waals surface area contributed by atoms with Crippen molar-refractivity contribution in [2.24, 2.45) is 0 Å². The van der Waals surface area contributed by atoms with Crippen LogP contribution in [0.5, 0.6) is 0 Å². The van der Waals surface area contributed by atoms with Crippen LogP contribution in [0.15, 0.2) is 34.8 Å². The summed E-state index contributed by atoms with van der Waals surface area (Å²) in [5, 5.41) is 41.6. The number of nitro benzene ring substituents is 4. The number of aryl methyl sites for hydroxylation is 1. The highest BCUT2D eigenvalue weighted by Crippen LogP contribution is 2.31. The van der Waals surface area contributed by atoms with Crippen molar-refractivity contribution in [1.82, 2.24) is 0 Å². The molecule has 0 aliphatic heterocycles. The lowest BCUT2D eigenvalue weighted by Crippen LogP contribution is -2.94. The van der Waals surface area contributed by atoms with Crippen molar-refractivity contribution in [2.75, 3.05) is 0 Å². The maximum Gasteiger partial charge on any atom is 0.280 e. The summed E-state index contributed by atoms with van der Waals surface area (Å²) in [6, 6.07) is 5.73. The summed E-state index contributed by atoms with van der Waals surface area (Å²) < 4.78 is 0.360. The largest absolute Gasteiger partial charge is 0.280 e. The summed E-state index contributed by atoms with van der Waals surface area (Å²) in [6.45, 7) is 3.05. The van der Waals surface area contributed by atoms with Crippen LogP contribution in [0.2, 0.25) is 0 Å². The lowest BCUT2D eigenvalue weighted by atomic mass is 8.25. The minimum atomic E-state index is -1.30. The molecule has 0 atom stereocenters.